The molecule has 2 fully saturated rings. The molecule has 2 heterocycles. The number of carbonyl (C=O) groups is 1. The van der Waals surface area contributed by atoms with E-state index in [1.54, 1.807) is 0 Å². The third kappa shape index (κ3) is 3.17. The number of carbonyl (C=O) groups excluding carboxylic acids is 1. The Morgan fingerprint density at radius 2 is 1.90 bits per heavy atom. The average molecular weight is 281 g/mol. The lowest BCUT2D eigenvalue weighted by Crippen LogP contribution is -2.50. The van der Waals surface area contributed by atoms with E-state index in [-0.39, 0.29) is 12.2 Å². The first-order valence-electron chi connectivity index (χ1n) is 8.39. The van der Waals surface area contributed by atoms with E-state index in [1.165, 1.54) is 13.0 Å². The molecule has 0 saturated carbocycles. The van der Waals surface area contributed by atoms with Gasteiger partial charge >= 0.3 is 0 Å². The third-order valence-electron chi connectivity index (χ3n) is 4.77. The minimum Gasteiger partial charge on any atom is -0.323 e. The molecular formula is C16H31N3O. The maximum Gasteiger partial charge on any atom is 0.241 e. The number of hydrogen-bond donors (Lipinski definition) is 1. The highest BCUT2D eigenvalue weighted by atomic mass is 16.2. The Hall–Kier alpha value is -0.610. The lowest BCUT2D eigenvalue weighted by molar-refractivity contribution is -0.134. The van der Waals surface area contributed by atoms with Gasteiger partial charge in [0.15, 0.2) is 0 Å². The molecule has 4 heteroatoms. The summed E-state index contributed by atoms with van der Waals surface area (Å²) in [5.74, 6) is 0.711. The van der Waals surface area contributed by atoms with Crippen molar-refractivity contribution in [3.05, 3.63) is 0 Å². The van der Waals surface area contributed by atoms with Gasteiger partial charge in [0, 0.05) is 19.1 Å². The largest absolute Gasteiger partial charge is 0.323 e. The number of rotatable bonds is 5. The van der Waals surface area contributed by atoms with Crippen LogP contribution in [0.4, 0.5) is 0 Å². The van der Waals surface area contributed by atoms with Gasteiger partial charge in [0.1, 0.15) is 0 Å². The van der Waals surface area contributed by atoms with E-state index in [0.717, 1.165) is 32.4 Å². The summed E-state index contributed by atoms with van der Waals surface area (Å²) in [6, 6.07) is 0.463. The van der Waals surface area contributed by atoms with Gasteiger partial charge in [-0.15, -0.1) is 0 Å². The van der Waals surface area contributed by atoms with E-state index >= 15 is 0 Å². The van der Waals surface area contributed by atoms with Crippen LogP contribution in [0, 0.1) is 5.92 Å². The van der Waals surface area contributed by atoms with E-state index in [2.05, 4.69) is 42.8 Å². The molecule has 1 amide bonds. The van der Waals surface area contributed by atoms with Crippen LogP contribution in [0.5, 0.6) is 0 Å². The maximum absolute atomic E-state index is 12.7. The number of likely N-dealkylation sites (tertiary alicyclic amines) is 1. The average Bonchev–Trinajstić information content (AvgIpc) is 2.77. The molecule has 2 rings (SSSR count). The summed E-state index contributed by atoms with van der Waals surface area (Å²) < 4.78 is 0. The third-order valence-corrected chi connectivity index (χ3v) is 4.77. The molecule has 2 saturated heterocycles. The van der Waals surface area contributed by atoms with Crippen molar-refractivity contribution in [3.63, 3.8) is 0 Å². The zero-order valence-corrected chi connectivity index (χ0v) is 13.6. The quantitative estimate of drug-likeness (QED) is 0.838. The Balaban J connectivity index is 1.98. The summed E-state index contributed by atoms with van der Waals surface area (Å²) in [6.45, 7) is 12.2. The first-order chi connectivity index (χ1) is 9.58. The number of piperidine rings is 1. The Morgan fingerprint density at radius 3 is 2.40 bits per heavy atom. The van der Waals surface area contributed by atoms with Crippen molar-refractivity contribution >= 4 is 5.91 Å². The number of amides is 1. The number of nitrogens with one attached hydrogen (secondary N) is 1. The summed E-state index contributed by atoms with van der Waals surface area (Å²) in [5.41, 5.74) is 0. The zero-order valence-electron chi connectivity index (χ0n) is 13.6. The molecule has 0 aromatic carbocycles. The molecule has 0 bridgehead atoms. The Kier molecular flexibility index (Phi) is 5.44. The minimum absolute atomic E-state index is 0.0219. The van der Waals surface area contributed by atoms with Crippen LogP contribution >= 0.6 is 0 Å². The van der Waals surface area contributed by atoms with Crippen LogP contribution in [0.2, 0.25) is 0 Å². The van der Waals surface area contributed by atoms with Gasteiger partial charge in [-0.1, -0.05) is 27.7 Å². The number of hydrogen-bond acceptors (Lipinski definition) is 3. The van der Waals surface area contributed by atoms with Crippen LogP contribution < -0.4 is 5.32 Å². The summed E-state index contributed by atoms with van der Waals surface area (Å²) in [7, 11) is 0. The van der Waals surface area contributed by atoms with Crippen molar-refractivity contribution in [1.29, 1.82) is 0 Å². The molecule has 0 radical (unpaired) electrons. The highest BCUT2D eigenvalue weighted by molar-refractivity contribution is 5.85. The van der Waals surface area contributed by atoms with Gasteiger partial charge < -0.3 is 9.80 Å². The van der Waals surface area contributed by atoms with E-state index in [4.69, 9.17) is 0 Å². The van der Waals surface area contributed by atoms with E-state index in [0.29, 0.717) is 17.9 Å². The lowest BCUT2D eigenvalue weighted by Gasteiger charge is -2.39. The second-order valence-corrected chi connectivity index (χ2v) is 6.63. The fourth-order valence-corrected chi connectivity index (χ4v) is 3.64. The SMILES string of the molecule is CCCN1CCC(N2C(=O)C(C(C)C)NC2CC)CC1. The van der Waals surface area contributed by atoms with Gasteiger partial charge in [-0.25, -0.2) is 0 Å². The normalized spacial score (nSPS) is 29.6. The monoisotopic (exact) mass is 281 g/mol. The fourth-order valence-electron chi connectivity index (χ4n) is 3.64. The maximum atomic E-state index is 12.7. The predicted molar refractivity (Wildman–Crippen MR) is 82.4 cm³/mol. The molecular weight excluding hydrogens is 250 g/mol. The van der Waals surface area contributed by atoms with E-state index < -0.39 is 0 Å². The fraction of sp³-hybridized carbons (Fsp3) is 0.938. The van der Waals surface area contributed by atoms with Crippen LogP contribution in [0.25, 0.3) is 0 Å². The molecule has 20 heavy (non-hydrogen) atoms. The van der Waals surface area contributed by atoms with Gasteiger partial charge in [-0.3, -0.25) is 10.1 Å². The molecule has 0 spiro atoms. The molecule has 116 valence electrons. The highest BCUT2D eigenvalue weighted by Crippen LogP contribution is 2.26. The van der Waals surface area contributed by atoms with Crippen molar-refractivity contribution in [2.45, 2.75) is 71.6 Å². The van der Waals surface area contributed by atoms with Gasteiger partial charge in [0.2, 0.25) is 5.91 Å². The van der Waals surface area contributed by atoms with Gasteiger partial charge in [-0.2, -0.15) is 0 Å². The second-order valence-electron chi connectivity index (χ2n) is 6.63. The van der Waals surface area contributed by atoms with Crippen LogP contribution in [0.1, 0.15) is 53.4 Å². The van der Waals surface area contributed by atoms with Gasteiger partial charge in [-0.05, 0) is 38.1 Å². The molecule has 2 unspecified atom stereocenters. The second kappa shape index (κ2) is 6.90. The predicted octanol–water partition coefficient (Wildman–Crippen LogP) is 2.05. The Labute approximate surface area is 123 Å². The summed E-state index contributed by atoms with van der Waals surface area (Å²) in [6.07, 6.45) is 4.74. The molecule has 0 aliphatic carbocycles. The molecule has 0 aromatic heterocycles. The summed E-state index contributed by atoms with van der Waals surface area (Å²) >= 11 is 0. The van der Waals surface area contributed by atoms with Crippen LogP contribution in [-0.2, 0) is 4.79 Å². The van der Waals surface area contributed by atoms with E-state index in [9.17, 15) is 4.79 Å². The Morgan fingerprint density at radius 1 is 1.25 bits per heavy atom. The molecule has 2 aliphatic heterocycles. The highest BCUT2D eigenvalue weighted by Gasteiger charge is 2.43. The molecule has 2 atom stereocenters. The standard InChI is InChI=1S/C16H31N3O/c1-5-9-18-10-7-13(8-11-18)19-14(6-2)17-15(12(3)4)16(19)20/h12-15,17H,5-11H2,1-4H3. The molecule has 2 aliphatic rings. The van der Waals surface area contributed by atoms with Gasteiger partial charge in [0.05, 0.1) is 12.2 Å². The smallest absolute Gasteiger partial charge is 0.241 e. The molecule has 0 aromatic rings. The van der Waals surface area contributed by atoms with Crippen molar-refractivity contribution < 1.29 is 4.79 Å². The number of nitrogens with zero attached hydrogens (tertiary/aromatic N) is 2. The summed E-state index contributed by atoms with van der Waals surface area (Å²) in [5, 5.41) is 3.54. The molecule has 1 N–H and O–H groups in total. The summed E-state index contributed by atoms with van der Waals surface area (Å²) in [4.78, 5) is 17.4. The van der Waals surface area contributed by atoms with Crippen molar-refractivity contribution in [1.82, 2.24) is 15.1 Å². The minimum atomic E-state index is 0.0219. The topological polar surface area (TPSA) is 35.6 Å². The van der Waals surface area contributed by atoms with E-state index in [1.807, 2.05) is 0 Å². The first kappa shape index (κ1) is 15.8. The molecule has 4 nitrogen and oxygen atoms in total. The van der Waals surface area contributed by atoms with Crippen molar-refractivity contribution in [2.75, 3.05) is 19.6 Å². The van der Waals surface area contributed by atoms with Gasteiger partial charge in [0.25, 0.3) is 0 Å². The van der Waals surface area contributed by atoms with Crippen molar-refractivity contribution in [3.8, 4) is 0 Å². The van der Waals surface area contributed by atoms with Crippen LogP contribution in [0.15, 0.2) is 0 Å². The van der Waals surface area contributed by atoms with Crippen molar-refractivity contribution in [2.24, 2.45) is 5.92 Å². The first-order valence-corrected chi connectivity index (χ1v) is 8.39. The Bertz CT molecular complexity index is 324. The lowest BCUT2D eigenvalue weighted by atomic mass is 10.0. The zero-order chi connectivity index (χ0) is 14.7. The van der Waals surface area contributed by atoms with Crippen LogP contribution in [0.3, 0.4) is 0 Å². The van der Waals surface area contributed by atoms with Crippen LogP contribution in [-0.4, -0.2) is 53.6 Å².